The largest absolute Gasteiger partial charge is 0.467 e. The third-order valence-corrected chi connectivity index (χ3v) is 1.89. The zero-order valence-electron chi connectivity index (χ0n) is 9.70. The van der Waals surface area contributed by atoms with Crippen molar-refractivity contribution in [1.82, 2.24) is 15.3 Å². The molecular weight excluding hydrogens is 208 g/mol. The zero-order valence-corrected chi connectivity index (χ0v) is 9.70. The third-order valence-electron chi connectivity index (χ3n) is 1.89. The Kier molecular flexibility index (Phi) is 4.65. The van der Waals surface area contributed by atoms with Gasteiger partial charge in [-0.1, -0.05) is 0 Å². The van der Waals surface area contributed by atoms with Gasteiger partial charge in [0.15, 0.2) is 0 Å². The Balaban J connectivity index is 2.65. The van der Waals surface area contributed by atoms with Crippen LogP contribution in [0.2, 0.25) is 0 Å². The van der Waals surface area contributed by atoms with Crippen LogP contribution in [0, 0.1) is 6.92 Å². The van der Waals surface area contributed by atoms with Crippen molar-refractivity contribution in [2.45, 2.75) is 13.3 Å². The second-order valence-electron chi connectivity index (χ2n) is 3.28. The molecule has 2 N–H and O–H groups in total. The fraction of sp³-hybridized carbons (Fsp3) is 0.500. The van der Waals surface area contributed by atoms with E-state index in [1.54, 1.807) is 13.1 Å². The van der Waals surface area contributed by atoms with E-state index < -0.39 is 0 Å². The van der Waals surface area contributed by atoms with Gasteiger partial charge in [0.25, 0.3) is 0 Å². The summed E-state index contributed by atoms with van der Waals surface area (Å²) in [7, 11) is 3.28. The Labute approximate surface area is 94.4 Å². The summed E-state index contributed by atoms with van der Waals surface area (Å²) in [5, 5.41) is 5.58. The molecule has 6 nitrogen and oxygen atoms in total. The highest BCUT2D eigenvalue weighted by molar-refractivity contribution is 5.89. The average Bonchev–Trinajstić information content (AvgIpc) is 2.25. The maximum Gasteiger partial charge on any atom is 0.318 e. The topological polar surface area (TPSA) is 76.1 Å². The number of rotatable bonds is 5. The van der Waals surface area contributed by atoms with Gasteiger partial charge in [0.05, 0.1) is 7.11 Å². The van der Waals surface area contributed by atoms with E-state index in [2.05, 4.69) is 20.6 Å². The Morgan fingerprint density at radius 1 is 1.50 bits per heavy atom. The smallest absolute Gasteiger partial charge is 0.318 e. The molecule has 0 atom stereocenters. The van der Waals surface area contributed by atoms with Crippen molar-refractivity contribution >= 4 is 11.7 Å². The lowest BCUT2D eigenvalue weighted by Gasteiger charge is -2.06. The van der Waals surface area contributed by atoms with E-state index in [0.29, 0.717) is 18.8 Å². The summed E-state index contributed by atoms with van der Waals surface area (Å²) in [6.07, 6.45) is 0.405. The van der Waals surface area contributed by atoms with E-state index in [9.17, 15) is 4.79 Å². The molecule has 1 heterocycles. The zero-order chi connectivity index (χ0) is 12.0. The molecule has 16 heavy (non-hydrogen) atoms. The molecule has 0 bridgehead atoms. The first-order valence-corrected chi connectivity index (χ1v) is 5.00. The predicted molar refractivity (Wildman–Crippen MR) is 60.5 cm³/mol. The number of amides is 1. The van der Waals surface area contributed by atoms with Gasteiger partial charge < -0.3 is 15.4 Å². The summed E-state index contributed by atoms with van der Waals surface area (Å²) in [5.41, 5.74) is 0.746. The molecule has 0 fully saturated rings. The summed E-state index contributed by atoms with van der Waals surface area (Å²) in [5.74, 6) is 0.375. The fourth-order valence-corrected chi connectivity index (χ4v) is 1.14. The number of carbonyl (C=O) groups excluding carboxylic acids is 1. The number of nitrogens with one attached hydrogen (secondary N) is 2. The van der Waals surface area contributed by atoms with Crippen molar-refractivity contribution in [3.8, 4) is 6.01 Å². The molecular formula is C10H16N4O2. The number of carbonyl (C=O) groups is 1. The number of aryl methyl sites for hydroxylation is 1. The van der Waals surface area contributed by atoms with Gasteiger partial charge in [0, 0.05) is 24.7 Å². The van der Waals surface area contributed by atoms with E-state index >= 15 is 0 Å². The molecule has 1 aromatic heterocycles. The van der Waals surface area contributed by atoms with Gasteiger partial charge in [-0.2, -0.15) is 4.98 Å². The molecule has 1 amide bonds. The van der Waals surface area contributed by atoms with Gasteiger partial charge >= 0.3 is 6.01 Å². The lowest BCUT2D eigenvalue weighted by molar-refractivity contribution is -0.116. The van der Waals surface area contributed by atoms with E-state index in [1.165, 1.54) is 7.11 Å². The molecule has 0 unspecified atom stereocenters. The van der Waals surface area contributed by atoms with E-state index in [-0.39, 0.29) is 11.9 Å². The number of ether oxygens (including phenoxy) is 1. The number of hydrogen-bond donors (Lipinski definition) is 2. The minimum absolute atomic E-state index is 0.0884. The fourth-order valence-electron chi connectivity index (χ4n) is 1.14. The van der Waals surface area contributed by atoms with Crippen LogP contribution in [-0.4, -0.2) is 36.6 Å². The normalized spacial score (nSPS) is 9.94. The van der Waals surface area contributed by atoms with Crippen LogP contribution in [0.4, 0.5) is 5.82 Å². The highest BCUT2D eigenvalue weighted by atomic mass is 16.5. The SMILES string of the molecule is CNCCC(=O)Nc1cc(C)nc(OC)n1. The van der Waals surface area contributed by atoms with E-state index in [4.69, 9.17) is 4.74 Å². The van der Waals surface area contributed by atoms with E-state index in [0.717, 1.165) is 5.69 Å². The van der Waals surface area contributed by atoms with Crippen molar-refractivity contribution in [3.63, 3.8) is 0 Å². The first-order chi connectivity index (χ1) is 7.65. The van der Waals surface area contributed by atoms with Gasteiger partial charge in [-0.15, -0.1) is 0 Å². The number of methoxy groups -OCH3 is 1. The van der Waals surface area contributed by atoms with Crippen molar-refractivity contribution < 1.29 is 9.53 Å². The maximum atomic E-state index is 11.4. The first kappa shape index (κ1) is 12.4. The number of anilines is 1. The van der Waals surface area contributed by atoms with Crippen LogP contribution in [0.25, 0.3) is 0 Å². The third kappa shape index (κ3) is 3.82. The summed E-state index contributed by atoms with van der Waals surface area (Å²) in [6.45, 7) is 2.44. The molecule has 88 valence electrons. The molecule has 1 aromatic rings. The van der Waals surface area contributed by atoms with Crippen molar-refractivity contribution in [2.24, 2.45) is 0 Å². The Morgan fingerprint density at radius 2 is 2.25 bits per heavy atom. The molecule has 0 saturated carbocycles. The van der Waals surface area contributed by atoms with Gasteiger partial charge in [0.1, 0.15) is 5.82 Å². The standard InChI is InChI=1S/C10H16N4O2/c1-7-6-8(14-10(12-7)16-3)13-9(15)4-5-11-2/h6,11H,4-5H2,1-3H3,(H,12,13,14,15). The lowest BCUT2D eigenvalue weighted by atomic mass is 10.3. The van der Waals surface area contributed by atoms with Crippen LogP contribution in [0.15, 0.2) is 6.07 Å². The molecule has 6 heteroatoms. The molecule has 0 radical (unpaired) electrons. The maximum absolute atomic E-state index is 11.4. The summed E-state index contributed by atoms with van der Waals surface area (Å²) in [4.78, 5) is 19.5. The van der Waals surface area contributed by atoms with E-state index in [1.807, 2.05) is 6.92 Å². The number of nitrogens with zero attached hydrogens (tertiary/aromatic N) is 2. The molecule has 0 saturated heterocycles. The Hall–Kier alpha value is -1.69. The number of hydrogen-bond acceptors (Lipinski definition) is 5. The van der Waals surface area contributed by atoms with Gasteiger partial charge in [-0.05, 0) is 14.0 Å². The molecule has 0 aromatic carbocycles. The summed E-state index contributed by atoms with van der Waals surface area (Å²) < 4.78 is 4.91. The number of aromatic nitrogens is 2. The van der Waals surface area contributed by atoms with Crippen LogP contribution >= 0.6 is 0 Å². The van der Waals surface area contributed by atoms with Gasteiger partial charge in [-0.3, -0.25) is 4.79 Å². The highest BCUT2D eigenvalue weighted by Gasteiger charge is 2.05. The molecule has 1 rings (SSSR count). The quantitative estimate of drug-likeness (QED) is 0.754. The molecule has 0 spiro atoms. The highest BCUT2D eigenvalue weighted by Crippen LogP contribution is 2.10. The minimum Gasteiger partial charge on any atom is -0.467 e. The van der Waals surface area contributed by atoms with Gasteiger partial charge in [-0.25, -0.2) is 4.98 Å². The van der Waals surface area contributed by atoms with Crippen LogP contribution in [-0.2, 0) is 4.79 Å². The molecule has 0 aliphatic carbocycles. The monoisotopic (exact) mass is 224 g/mol. The Bertz CT molecular complexity index is 368. The summed E-state index contributed by atoms with van der Waals surface area (Å²) in [6, 6.07) is 1.95. The van der Waals surface area contributed by atoms with Crippen molar-refractivity contribution in [3.05, 3.63) is 11.8 Å². The molecule has 0 aliphatic rings. The van der Waals surface area contributed by atoms with Crippen LogP contribution in [0.1, 0.15) is 12.1 Å². The van der Waals surface area contributed by atoms with Crippen molar-refractivity contribution in [2.75, 3.05) is 26.0 Å². The van der Waals surface area contributed by atoms with Crippen LogP contribution in [0.5, 0.6) is 6.01 Å². The second-order valence-corrected chi connectivity index (χ2v) is 3.28. The first-order valence-electron chi connectivity index (χ1n) is 5.00. The second kappa shape index (κ2) is 6.02. The van der Waals surface area contributed by atoms with Crippen molar-refractivity contribution in [1.29, 1.82) is 0 Å². The van der Waals surface area contributed by atoms with Crippen LogP contribution < -0.4 is 15.4 Å². The molecule has 0 aliphatic heterocycles. The minimum atomic E-state index is -0.0884. The summed E-state index contributed by atoms with van der Waals surface area (Å²) >= 11 is 0. The van der Waals surface area contributed by atoms with Crippen LogP contribution in [0.3, 0.4) is 0 Å². The average molecular weight is 224 g/mol. The predicted octanol–water partition coefficient (Wildman–Crippen LogP) is 0.342. The Morgan fingerprint density at radius 3 is 2.88 bits per heavy atom. The van der Waals surface area contributed by atoms with Gasteiger partial charge in [0.2, 0.25) is 5.91 Å². The lowest BCUT2D eigenvalue weighted by Crippen LogP contribution is -2.19.